The van der Waals surface area contributed by atoms with Crippen LogP contribution in [0, 0.1) is 10.8 Å². The van der Waals surface area contributed by atoms with Crippen molar-refractivity contribution in [2.45, 2.75) is 110 Å². The van der Waals surface area contributed by atoms with Crippen molar-refractivity contribution < 1.29 is 38.1 Å². The zero-order valence-electron chi connectivity index (χ0n) is 35.8. The number of carbonyl (C=O) groups is 4. The lowest BCUT2D eigenvalue weighted by molar-refractivity contribution is -0.136. The highest BCUT2D eigenvalue weighted by Crippen LogP contribution is 2.37. The zero-order valence-corrected chi connectivity index (χ0v) is 38.5. The molecule has 1 saturated carbocycles. The van der Waals surface area contributed by atoms with E-state index in [0.717, 1.165) is 25.7 Å². The number of amides is 4. The van der Waals surface area contributed by atoms with Crippen molar-refractivity contribution in [2.75, 3.05) is 26.6 Å². The van der Waals surface area contributed by atoms with Gasteiger partial charge in [0.15, 0.2) is 11.5 Å². The van der Waals surface area contributed by atoms with Crippen molar-refractivity contribution in [3.63, 3.8) is 0 Å². The summed E-state index contributed by atoms with van der Waals surface area (Å²) in [5.41, 5.74) is 0.310. The number of likely N-dealkylation sites (tertiary alicyclic amines) is 1. The molecule has 1 saturated heterocycles. The predicted octanol–water partition coefficient (Wildman–Crippen LogP) is 6.68. The third kappa shape index (κ3) is 13.2. The summed E-state index contributed by atoms with van der Waals surface area (Å²) in [4.78, 5) is 70.8. The summed E-state index contributed by atoms with van der Waals surface area (Å²) in [7, 11) is 2.53. The van der Waals surface area contributed by atoms with Gasteiger partial charge in [0.05, 0.1) is 12.1 Å². The van der Waals surface area contributed by atoms with E-state index in [1.54, 1.807) is 42.5 Å². The molecule has 2 aromatic carbocycles. The van der Waals surface area contributed by atoms with Crippen LogP contribution >= 0.6 is 32.8 Å². The van der Waals surface area contributed by atoms with Crippen LogP contribution in [0.25, 0.3) is 22.3 Å². The molecule has 6 rings (SSSR count). The number of carbonyl (C=O) groups excluding carboxylic acids is 4. The Kier molecular flexibility index (Phi) is 16.4. The van der Waals surface area contributed by atoms with E-state index >= 15 is 0 Å². The van der Waals surface area contributed by atoms with Gasteiger partial charge in [-0.25, -0.2) is 9.78 Å². The van der Waals surface area contributed by atoms with E-state index in [9.17, 15) is 24.0 Å². The molecule has 1 aromatic heterocycles. The first-order valence-corrected chi connectivity index (χ1v) is 22.4. The van der Waals surface area contributed by atoms with Crippen molar-refractivity contribution in [1.29, 1.82) is 0 Å². The lowest BCUT2D eigenvalue weighted by Gasteiger charge is -2.35. The van der Waals surface area contributed by atoms with E-state index in [1.165, 1.54) is 11.9 Å². The Bertz CT molecular complexity index is 2140. The molecule has 4 amide bonds. The fourth-order valence-corrected chi connectivity index (χ4v) is 8.08. The molecule has 0 spiro atoms. The molecule has 3 aromatic rings. The van der Waals surface area contributed by atoms with Crippen molar-refractivity contribution in [3.8, 4) is 28.5 Å². The summed E-state index contributed by atoms with van der Waals surface area (Å²) in [5, 5.41) is 6.54. The first kappa shape index (κ1) is 47.5. The Morgan fingerprint density at radius 3 is 2.52 bits per heavy atom. The molecule has 4 N–H and O–H groups in total. The Hall–Kier alpha value is -4.53. The molecule has 1 aliphatic carbocycles. The highest BCUT2D eigenvalue weighted by atomic mass is 35.5. The SMILES string of the molecule is CC/C(Cl)=C/[C@H](P)C(NC=O)C(=O)NSC1CC1.CC1CCCN1C(=O)[C@@H](NC(=O)OCC(C)(C)COc1cccc(-c2nc3ccc4c(c3[nH]c2=O)OCO4)c1)C(C)(C)C. The summed E-state index contributed by atoms with van der Waals surface area (Å²) >= 11 is 7.37. The third-order valence-corrected chi connectivity index (χ3v) is 12.3. The van der Waals surface area contributed by atoms with Gasteiger partial charge in [-0.3, -0.25) is 23.9 Å². The summed E-state index contributed by atoms with van der Waals surface area (Å²) < 4.78 is 25.3. The van der Waals surface area contributed by atoms with E-state index in [1.807, 2.05) is 53.4 Å². The fourth-order valence-electron chi connectivity index (χ4n) is 6.51. The Balaban J connectivity index is 0.000000328. The van der Waals surface area contributed by atoms with E-state index in [-0.39, 0.29) is 54.8 Å². The molecule has 3 heterocycles. The smallest absolute Gasteiger partial charge is 0.407 e. The van der Waals surface area contributed by atoms with Gasteiger partial charge < -0.3 is 39.5 Å². The van der Waals surface area contributed by atoms with Gasteiger partial charge in [-0.15, -0.1) is 9.24 Å². The first-order chi connectivity index (χ1) is 28.9. The third-order valence-electron chi connectivity index (χ3n) is 10.2. The van der Waals surface area contributed by atoms with Crippen LogP contribution in [0.5, 0.6) is 17.2 Å². The van der Waals surface area contributed by atoms with Gasteiger partial charge in [0.1, 0.15) is 35.7 Å². The number of alkyl carbamates (subject to hydrolysis) is 1. The standard InChI is InChI=1S/C32H40N4O7.C11H18ClN2O2PS/c1-19-9-8-14-36(19)29(38)27(31(2,3)4)35-30(39)41-17-32(5,6)16-40-21-11-7-10-20(15-21)24-28(37)34-25-22(33-24)12-13-23-26(25)43-18-42-23;1-2-7(12)5-9(17)10(13-6-15)11(16)14-18-8-3-4-8/h7,10-13,15,19,27H,8-9,14,16-18H2,1-6H3,(H,34,37)(H,35,39);5-6,8-10H,2-4,17H2,1H3,(H,13,15)(H,14,16)/b;7-5-/t19?,27-;9-,10?/m10/s1. The average molecular weight is 901 g/mol. The number of rotatable bonds is 16. The molecule has 2 aliphatic heterocycles. The maximum atomic E-state index is 13.3. The number of hydrogen-bond acceptors (Lipinski definition) is 11. The second-order valence-corrected chi connectivity index (χ2v) is 19.6. The van der Waals surface area contributed by atoms with Crippen LogP contribution < -0.4 is 35.1 Å². The van der Waals surface area contributed by atoms with Gasteiger partial charge in [-0.05, 0) is 80.7 Å². The highest BCUT2D eigenvalue weighted by molar-refractivity contribution is 7.98. The van der Waals surface area contributed by atoms with Crippen molar-refractivity contribution in [1.82, 2.24) is 30.2 Å². The monoisotopic (exact) mass is 900 g/mol. The van der Waals surface area contributed by atoms with E-state index in [4.69, 9.17) is 30.5 Å². The van der Waals surface area contributed by atoms with Crippen LogP contribution in [-0.2, 0) is 19.1 Å². The molecule has 61 heavy (non-hydrogen) atoms. The number of halogens is 1. The van der Waals surface area contributed by atoms with Gasteiger partial charge in [-0.1, -0.05) is 71.4 Å². The number of aromatic amines is 1. The van der Waals surface area contributed by atoms with Crippen LogP contribution in [0.15, 0.2) is 52.3 Å². The largest absolute Gasteiger partial charge is 0.493 e. The molecular weight excluding hydrogens is 843 g/mol. The van der Waals surface area contributed by atoms with E-state index in [2.05, 4.69) is 34.6 Å². The molecule has 0 radical (unpaired) electrons. The quantitative estimate of drug-likeness (QED) is 0.0682. The molecule has 18 heteroatoms. The van der Waals surface area contributed by atoms with Crippen molar-refractivity contribution in [2.24, 2.45) is 10.8 Å². The van der Waals surface area contributed by atoms with Crippen LogP contribution in [0.3, 0.4) is 0 Å². The average Bonchev–Trinajstić information content (AvgIpc) is 3.75. The molecule has 332 valence electrons. The molecule has 2 fully saturated rings. The van der Waals surface area contributed by atoms with E-state index in [0.29, 0.717) is 63.5 Å². The van der Waals surface area contributed by atoms with Crippen LogP contribution in [0.4, 0.5) is 4.79 Å². The maximum absolute atomic E-state index is 13.3. The lowest BCUT2D eigenvalue weighted by atomic mass is 9.85. The minimum absolute atomic E-state index is 0.0751. The maximum Gasteiger partial charge on any atom is 0.407 e. The predicted molar refractivity (Wildman–Crippen MR) is 241 cm³/mol. The van der Waals surface area contributed by atoms with Crippen LogP contribution in [0.1, 0.15) is 80.6 Å². The van der Waals surface area contributed by atoms with Crippen LogP contribution in [-0.4, -0.2) is 94.8 Å². The number of benzene rings is 2. The summed E-state index contributed by atoms with van der Waals surface area (Å²) in [6, 6.07) is 9.50. The molecule has 0 bridgehead atoms. The fraction of sp³-hybridized carbons (Fsp3) is 0.535. The van der Waals surface area contributed by atoms with Crippen molar-refractivity contribution in [3.05, 3.63) is 57.9 Å². The minimum Gasteiger partial charge on any atom is -0.493 e. The Morgan fingerprint density at radius 1 is 1.11 bits per heavy atom. The highest BCUT2D eigenvalue weighted by Gasteiger charge is 2.39. The summed E-state index contributed by atoms with van der Waals surface area (Å²) in [6.07, 6.45) is 6.59. The topological polar surface area (TPSA) is 190 Å². The number of ether oxygens (including phenoxy) is 4. The number of H-pyrrole nitrogens is 1. The van der Waals surface area contributed by atoms with Gasteiger partial charge >= 0.3 is 6.09 Å². The molecule has 15 nitrogen and oxygen atoms in total. The number of nitrogens with one attached hydrogen (secondary N) is 4. The summed E-state index contributed by atoms with van der Waals surface area (Å²) in [6.45, 7) is 14.7. The summed E-state index contributed by atoms with van der Waals surface area (Å²) in [5.74, 6) is 1.31. The lowest BCUT2D eigenvalue weighted by Crippen LogP contribution is -2.55. The van der Waals surface area contributed by atoms with E-state index < -0.39 is 29.0 Å². The molecule has 5 atom stereocenters. The Labute approximate surface area is 368 Å². The first-order valence-electron chi connectivity index (χ1n) is 20.5. The number of aromatic nitrogens is 2. The Morgan fingerprint density at radius 2 is 1.87 bits per heavy atom. The minimum atomic E-state index is -0.698. The normalized spacial score (nSPS) is 17.7. The molecular formula is C43H58ClN6O9PS. The number of nitrogens with zero attached hydrogens (tertiary/aromatic N) is 2. The zero-order chi connectivity index (χ0) is 44.5. The second kappa shape index (κ2) is 21.0. The number of fused-ring (bicyclic) bond motifs is 3. The number of allylic oxidation sites excluding steroid dienone is 1. The van der Waals surface area contributed by atoms with Gasteiger partial charge in [0.2, 0.25) is 19.1 Å². The van der Waals surface area contributed by atoms with Crippen LogP contribution in [0.2, 0.25) is 0 Å². The number of hydrogen-bond donors (Lipinski definition) is 4. The molecule has 3 unspecified atom stereocenters. The van der Waals surface area contributed by atoms with Gasteiger partial charge in [0, 0.05) is 39.5 Å². The molecule has 3 aliphatic rings. The van der Waals surface area contributed by atoms with Gasteiger partial charge in [-0.2, -0.15) is 0 Å². The second-order valence-electron chi connectivity index (χ2n) is 17.2. The van der Waals surface area contributed by atoms with Gasteiger partial charge in [0.25, 0.3) is 11.5 Å². The van der Waals surface area contributed by atoms with Crippen molar-refractivity contribution >= 4 is 68.1 Å².